The SMILES string of the molecule is COC(=O)C1=C(C)NC(=O)N[C@H]1c1ccc(OCC(=O)N/N=C\c2cn(Cc3ccc(Cl)cc3)c3ccccc23)c(OC)c1. The molecule has 0 bridgehead atoms. The first-order valence-corrected chi connectivity index (χ1v) is 14.0. The molecule has 5 rings (SSSR count). The predicted molar refractivity (Wildman–Crippen MR) is 166 cm³/mol. The summed E-state index contributed by atoms with van der Waals surface area (Å²) in [5, 5.41) is 11.1. The summed E-state index contributed by atoms with van der Waals surface area (Å²) in [6.07, 6.45) is 3.57. The number of para-hydroxylation sites is 1. The fourth-order valence-corrected chi connectivity index (χ4v) is 5.08. The van der Waals surface area contributed by atoms with Gasteiger partial charge in [0.1, 0.15) is 0 Å². The van der Waals surface area contributed by atoms with Crippen LogP contribution in [-0.2, 0) is 20.9 Å². The number of nitrogens with zero attached hydrogens (tertiary/aromatic N) is 2. The molecule has 0 saturated carbocycles. The van der Waals surface area contributed by atoms with E-state index in [2.05, 4.69) is 25.7 Å². The fraction of sp³-hybridized carbons (Fsp3) is 0.188. The first-order valence-electron chi connectivity index (χ1n) is 13.6. The molecule has 0 aliphatic carbocycles. The molecule has 0 unspecified atom stereocenters. The summed E-state index contributed by atoms with van der Waals surface area (Å²) in [5.41, 5.74) is 6.67. The number of urea groups is 1. The molecule has 44 heavy (non-hydrogen) atoms. The minimum atomic E-state index is -0.770. The first kappa shape index (κ1) is 30.2. The van der Waals surface area contributed by atoms with Gasteiger partial charge in [0.15, 0.2) is 18.1 Å². The molecule has 3 amide bonds. The second kappa shape index (κ2) is 13.3. The summed E-state index contributed by atoms with van der Waals surface area (Å²) in [6, 6.07) is 19.3. The van der Waals surface area contributed by atoms with E-state index in [1.807, 2.05) is 54.7 Å². The van der Waals surface area contributed by atoms with Crippen LogP contribution in [-0.4, -0.2) is 49.5 Å². The Hall–Kier alpha value is -5.29. The number of esters is 1. The van der Waals surface area contributed by atoms with Gasteiger partial charge in [0.25, 0.3) is 5.91 Å². The fourth-order valence-electron chi connectivity index (χ4n) is 4.95. The van der Waals surface area contributed by atoms with Crippen LogP contribution >= 0.6 is 11.6 Å². The van der Waals surface area contributed by atoms with Crippen LogP contribution in [0.5, 0.6) is 11.5 Å². The maximum Gasteiger partial charge on any atom is 0.337 e. The quantitative estimate of drug-likeness (QED) is 0.135. The predicted octanol–water partition coefficient (Wildman–Crippen LogP) is 4.68. The van der Waals surface area contributed by atoms with Crippen molar-refractivity contribution in [3.63, 3.8) is 0 Å². The van der Waals surface area contributed by atoms with E-state index >= 15 is 0 Å². The van der Waals surface area contributed by atoms with E-state index in [9.17, 15) is 14.4 Å². The van der Waals surface area contributed by atoms with Crippen LogP contribution in [0.25, 0.3) is 10.9 Å². The molecule has 4 aromatic rings. The molecular weight excluding hydrogens is 586 g/mol. The van der Waals surface area contributed by atoms with Crippen LogP contribution in [0.4, 0.5) is 4.79 Å². The van der Waals surface area contributed by atoms with Crippen molar-refractivity contribution in [2.24, 2.45) is 5.10 Å². The third kappa shape index (κ3) is 6.68. The van der Waals surface area contributed by atoms with Crippen LogP contribution in [0, 0.1) is 0 Å². The summed E-state index contributed by atoms with van der Waals surface area (Å²) in [7, 11) is 2.72. The maximum absolute atomic E-state index is 12.6. The summed E-state index contributed by atoms with van der Waals surface area (Å²) < 4.78 is 18.2. The average molecular weight is 616 g/mol. The van der Waals surface area contributed by atoms with Gasteiger partial charge in [0.05, 0.1) is 32.0 Å². The number of benzene rings is 3. The van der Waals surface area contributed by atoms with Crippen molar-refractivity contribution in [2.45, 2.75) is 19.5 Å². The van der Waals surface area contributed by atoms with Crippen LogP contribution < -0.4 is 25.5 Å². The van der Waals surface area contributed by atoms with E-state index in [1.165, 1.54) is 14.2 Å². The topological polar surface area (TPSA) is 132 Å². The lowest BCUT2D eigenvalue weighted by Gasteiger charge is -2.28. The Morgan fingerprint density at radius 1 is 1.07 bits per heavy atom. The molecule has 2 heterocycles. The molecule has 1 aliphatic heterocycles. The summed E-state index contributed by atoms with van der Waals surface area (Å²) in [6.45, 7) is 1.94. The van der Waals surface area contributed by atoms with Crippen molar-refractivity contribution in [1.82, 2.24) is 20.6 Å². The highest BCUT2D eigenvalue weighted by Crippen LogP contribution is 2.34. The number of aromatic nitrogens is 1. The monoisotopic (exact) mass is 615 g/mol. The second-order valence-corrected chi connectivity index (χ2v) is 10.3. The van der Waals surface area contributed by atoms with Crippen LogP contribution in [0.3, 0.4) is 0 Å². The Morgan fingerprint density at radius 3 is 2.59 bits per heavy atom. The van der Waals surface area contributed by atoms with E-state index in [0.29, 0.717) is 34.3 Å². The zero-order valence-corrected chi connectivity index (χ0v) is 25.0. The van der Waals surface area contributed by atoms with Gasteiger partial charge in [0.2, 0.25) is 0 Å². The van der Waals surface area contributed by atoms with Gasteiger partial charge in [-0.2, -0.15) is 5.10 Å². The molecular formula is C32H30ClN5O6. The minimum absolute atomic E-state index is 0.258. The molecule has 226 valence electrons. The number of carbonyl (C=O) groups excluding carboxylic acids is 3. The number of rotatable bonds is 10. The van der Waals surface area contributed by atoms with Gasteiger partial charge in [-0.15, -0.1) is 0 Å². The number of nitrogens with one attached hydrogen (secondary N) is 3. The Labute approximate surface area is 258 Å². The first-order chi connectivity index (χ1) is 21.3. The summed E-state index contributed by atoms with van der Waals surface area (Å²) in [4.78, 5) is 37.1. The van der Waals surface area contributed by atoms with Crippen LogP contribution in [0.2, 0.25) is 5.02 Å². The van der Waals surface area contributed by atoms with Gasteiger partial charge in [-0.05, 0) is 48.4 Å². The molecule has 0 radical (unpaired) electrons. The maximum atomic E-state index is 12.6. The number of carbonyl (C=O) groups is 3. The smallest absolute Gasteiger partial charge is 0.337 e. The van der Waals surface area contributed by atoms with E-state index in [1.54, 1.807) is 31.3 Å². The van der Waals surface area contributed by atoms with Crippen molar-refractivity contribution in [3.8, 4) is 11.5 Å². The van der Waals surface area contributed by atoms with Crippen molar-refractivity contribution in [3.05, 3.63) is 106 Å². The Morgan fingerprint density at radius 2 is 1.84 bits per heavy atom. The summed E-state index contributed by atoms with van der Waals surface area (Å²) >= 11 is 6.03. The Balaban J connectivity index is 1.24. The largest absolute Gasteiger partial charge is 0.493 e. The lowest BCUT2D eigenvalue weighted by Crippen LogP contribution is -2.45. The normalized spacial score (nSPS) is 14.7. The zero-order chi connectivity index (χ0) is 31.2. The lowest BCUT2D eigenvalue weighted by molar-refractivity contribution is -0.136. The standard InChI is InChI=1S/C32H30ClN5O6/c1-19-29(31(40)43-3)30(36-32(41)35-19)21-10-13-26(27(14-21)42-2)44-18-28(39)37-34-15-22-17-38(25-7-5-4-6-24(22)25)16-20-8-11-23(33)12-9-20/h4-15,17,30H,16,18H2,1-3H3,(H,37,39)(H2,35,36,41)/b34-15-/t30-/m0/s1. The summed E-state index contributed by atoms with van der Waals surface area (Å²) in [5.74, 6) is -0.458. The lowest BCUT2D eigenvalue weighted by atomic mass is 9.95. The highest BCUT2D eigenvalue weighted by Gasteiger charge is 2.32. The molecule has 11 nitrogen and oxygen atoms in total. The van der Waals surface area contributed by atoms with E-state index in [4.69, 9.17) is 25.8 Å². The Kier molecular flexibility index (Phi) is 9.15. The third-order valence-electron chi connectivity index (χ3n) is 7.03. The van der Waals surface area contributed by atoms with Gasteiger partial charge >= 0.3 is 12.0 Å². The number of hydrogen-bond donors (Lipinski definition) is 3. The Bertz CT molecular complexity index is 1780. The number of amides is 3. The highest BCUT2D eigenvalue weighted by molar-refractivity contribution is 6.30. The van der Waals surface area contributed by atoms with Crippen molar-refractivity contribution in [1.29, 1.82) is 0 Å². The number of fused-ring (bicyclic) bond motifs is 1. The van der Waals surface area contributed by atoms with Crippen LogP contribution in [0.1, 0.15) is 29.7 Å². The van der Waals surface area contributed by atoms with Gasteiger partial charge in [-0.25, -0.2) is 15.0 Å². The molecule has 1 aromatic heterocycles. The molecule has 0 saturated heterocycles. The van der Waals surface area contributed by atoms with Crippen LogP contribution in [0.15, 0.2) is 89.3 Å². The highest BCUT2D eigenvalue weighted by atomic mass is 35.5. The van der Waals surface area contributed by atoms with Gasteiger partial charge in [0, 0.05) is 39.9 Å². The molecule has 0 spiro atoms. The molecule has 3 N–H and O–H groups in total. The molecule has 12 heteroatoms. The van der Waals surface area contributed by atoms with Gasteiger partial charge in [-0.3, -0.25) is 4.79 Å². The van der Waals surface area contributed by atoms with Gasteiger partial charge in [-0.1, -0.05) is 48.0 Å². The van der Waals surface area contributed by atoms with E-state index < -0.39 is 23.9 Å². The number of methoxy groups -OCH3 is 2. The van der Waals surface area contributed by atoms with Crippen molar-refractivity contribution < 1.29 is 28.6 Å². The zero-order valence-electron chi connectivity index (χ0n) is 24.2. The second-order valence-electron chi connectivity index (χ2n) is 9.91. The number of halogens is 1. The molecule has 1 atom stereocenters. The molecule has 1 aliphatic rings. The van der Waals surface area contributed by atoms with E-state index in [0.717, 1.165) is 22.0 Å². The number of hydrogen-bond acceptors (Lipinski definition) is 7. The number of hydrazone groups is 1. The third-order valence-corrected chi connectivity index (χ3v) is 7.28. The van der Waals surface area contributed by atoms with Crippen molar-refractivity contribution >= 4 is 46.6 Å². The number of ether oxygens (including phenoxy) is 3. The number of allylic oxidation sites excluding steroid dienone is 1. The van der Waals surface area contributed by atoms with Crippen molar-refractivity contribution in [2.75, 3.05) is 20.8 Å². The average Bonchev–Trinajstić information content (AvgIpc) is 3.37. The minimum Gasteiger partial charge on any atom is -0.493 e. The van der Waals surface area contributed by atoms with E-state index in [-0.39, 0.29) is 12.2 Å². The molecule has 0 fully saturated rings. The molecule has 3 aromatic carbocycles. The van der Waals surface area contributed by atoms with Gasteiger partial charge < -0.3 is 29.4 Å².